The zero-order valence-electron chi connectivity index (χ0n) is 7.90. The van der Waals surface area contributed by atoms with Crippen LogP contribution < -0.4 is 10.1 Å². The minimum Gasteiger partial charge on any atom is -0.489 e. The summed E-state index contributed by atoms with van der Waals surface area (Å²) >= 11 is 22.5. The molecule has 0 spiro atoms. The summed E-state index contributed by atoms with van der Waals surface area (Å²) in [6.07, 6.45) is 0. The first-order valence-corrected chi connectivity index (χ1v) is 5.72. The number of carbonyl (C=O) groups excluding carboxylic acids is 1. The van der Waals surface area contributed by atoms with E-state index in [0.29, 0.717) is 20.8 Å². The highest BCUT2D eigenvalue weighted by Gasteiger charge is 2.08. The van der Waals surface area contributed by atoms with Gasteiger partial charge in [0, 0.05) is 5.02 Å². The maximum absolute atomic E-state index is 10.4. The van der Waals surface area contributed by atoms with Gasteiger partial charge in [0.2, 0.25) is 0 Å². The van der Waals surface area contributed by atoms with E-state index in [1.807, 2.05) is 0 Å². The second kappa shape index (κ2) is 6.40. The van der Waals surface area contributed by atoms with E-state index in [1.54, 1.807) is 0 Å². The fourth-order valence-corrected chi connectivity index (χ4v) is 1.99. The molecule has 16 heavy (non-hydrogen) atoms. The van der Waals surface area contributed by atoms with E-state index in [0.717, 1.165) is 0 Å². The Balaban J connectivity index is 2.57. The average molecular weight is 303 g/mol. The zero-order valence-corrected chi connectivity index (χ0v) is 10.9. The van der Waals surface area contributed by atoms with Crippen molar-refractivity contribution in [2.24, 2.45) is 0 Å². The van der Waals surface area contributed by atoms with E-state index < -0.39 is 5.37 Å². The lowest BCUT2D eigenvalue weighted by atomic mass is 10.3. The number of amides is 1. The highest BCUT2D eigenvalue weighted by molar-refractivity contribution is 6.62. The minimum absolute atomic E-state index is 0.208. The van der Waals surface area contributed by atoms with Crippen LogP contribution in [0.4, 0.5) is 4.79 Å². The van der Waals surface area contributed by atoms with Gasteiger partial charge >= 0.3 is 5.37 Å². The number of hydrogen-bond acceptors (Lipinski definition) is 2. The fraction of sp³-hybridized carbons (Fsp3) is 0.222. The number of hydrogen-bond donors (Lipinski definition) is 1. The van der Waals surface area contributed by atoms with Crippen LogP contribution in [0, 0.1) is 0 Å². The van der Waals surface area contributed by atoms with Gasteiger partial charge in [0.1, 0.15) is 6.61 Å². The third-order valence-electron chi connectivity index (χ3n) is 1.58. The van der Waals surface area contributed by atoms with Crippen molar-refractivity contribution in [3.8, 4) is 5.75 Å². The molecule has 0 saturated carbocycles. The molecule has 1 aromatic carbocycles. The van der Waals surface area contributed by atoms with Crippen LogP contribution in [-0.4, -0.2) is 18.5 Å². The summed E-state index contributed by atoms with van der Waals surface area (Å²) in [5, 5.41) is 2.77. The number of nitrogens with one attached hydrogen (secondary N) is 1. The van der Waals surface area contributed by atoms with Crippen LogP contribution in [-0.2, 0) is 0 Å². The maximum Gasteiger partial charge on any atom is 0.313 e. The van der Waals surface area contributed by atoms with Gasteiger partial charge < -0.3 is 10.1 Å². The topological polar surface area (TPSA) is 38.3 Å². The summed E-state index contributed by atoms with van der Waals surface area (Å²) in [6.45, 7) is 0.469. The van der Waals surface area contributed by atoms with E-state index in [2.05, 4.69) is 5.32 Å². The highest BCUT2D eigenvalue weighted by Crippen LogP contribution is 2.35. The van der Waals surface area contributed by atoms with Gasteiger partial charge in [-0.25, -0.2) is 0 Å². The largest absolute Gasteiger partial charge is 0.489 e. The lowest BCUT2D eigenvalue weighted by Gasteiger charge is -2.10. The Morgan fingerprint density at radius 1 is 1.25 bits per heavy atom. The third kappa shape index (κ3) is 4.26. The normalized spacial score (nSPS) is 10.0. The van der Waals surface area contributed by atoms with Crippen LogP contribution in [0.3, 0.4) is 0 Å². The molecule has 0 unspecified atom stereocenters. The van der Waals surface area contributed by atoms with E-state index in [4.69, 9.17) is 51.1 Å². The number of carbonyl (C=O) groups is 1. The first kappa shape index (κ1) is 13.7. The molecule has 0 radical (unpaired) electrons. The predicted octanol–water partition coefficient (Wildman–Crippen LogP) is 3.97. The summed E-state index contributed by atoms with van der Waals surface area (Å²) in [4.78, 5) is 10.4. The van der Waals surface area contributed by atoms with Gasteiger partial charge in [0.25, 0.3) is 0 Å². The van der Waals surface area contributed by atoms with Crippen molar-refractivity contribution < 1.29 is 9.53 Å². The summed E-state index contributed by atoms with van der Waals surface area (Å²) < 4.78 is 5.28. The number of rotatable bonds is 4. The van der Waals surface area contributed by atoms with Crippen molar-refractivity contribution in [1.29, 1.82) is 0 Å². The van der Waals surface area contributed by atoms with Gasteiger partial charge in [0.15, 0.2) is 5.75 Å². The maximum atomic E-state index is 10.4. The van der Waals surface area contributed by atoms with Crippen molar-refractivity contribution in [2.45, 2.75) is 0 Å². The molecular weight excluding hydrogens is 296 g/mol. The Morgan fingerprint density at radius 2 is 1.81 bits per heavy atom. The van der Waals surface area contributed by atoms with Crippen LogP contribution >= 0.6 is 46.4 Å². The van der Waals surface area contributed by atoms with Crippen molar-refractivity contribution in [3.63, 3.8) is 0 Å². The third-order valence-corrected chi connectivity index (χ3v) is 2.49. The molecule has 0 fully saturated rings. The predicted molar refractivity (Wildman–Crippen MR) is 66.2 cm³/mol. The molecule has 88 valence electrons. The molecule has 7 heteroatoms. The van der Waals surface area contributed by atoms with Crippen molar-refractivity contribution >= 4 is 51.8 Å². The van der Waals surface area contributed by atoms with Gasteiger partial charge in [-0.05, 0) is 23.7 Å². The molecule has 0 aliphatic rings. The molecule has 1 rings (SSSR count). The van der Waals surface area contributed by atoms with Gasteiger partial charge in [-0.2, -0.15) is 0 Å². The summed E-state index contributed by atoms with van der Waals surface area (Å²) in [7, 11) is 0. The molecule has 0 saturated heterocycles. The summed E-state index contributed by atoms with van der Waals surface area (Å²) in [5.74, 6) is 0.330. The quantitative estimate of drug-likeness (QED) is 0.519. The molecule has 1 N–H and O–H groups in total. The molecule has 0 atom stereocenters. The van der Waals surface area contributed by atoms with Crippen molar-refractivity contribution in [3.05, 3.63) is 27.2 Å². The summed E-state index contributed by atoms with van der Waals surface area (Å²) in [5.41, 5.74) is 0. The Morgan fingerprint density at radius 3 is 2.31 bits per heavy atom. The molecule has 1 aromatic rings. The highest BCUT2D eigenvalue weighted by atomic mass is 35.5. The first-order chi connectivity index (χ1) is 7.50. The number of ether oxygens (including phenoxy) is 1. The second-order valence-corrected chi connectivity index (χ2v) is 4.34. The van der Waals surface area contributed by atoms with Crippen LogP contribution in [0.2, 0.25) is 15.1 Å². The van der Waals surface area contributed by atoms with E-state index >= 15 is 0 Å². The number of halogens is 4. The molecule has 3 nitrogen and oxygen atoms in total. The average Bonchev–Trinajstić information content (AvgIpc) is 2.14. The van der Waals surface area contributed by atoms with Crippen LogP contribution in [0.5, 0.6) is 5.75 Å². The Labute approximate surface area is 113 Å². The van der Waals surface area contributed by atoms with Crippen LogP contribution in [0.25, 0.3) is 0 Å². The lowest BCUT2D eigenvalue weighted by molar-refractivity contribution is 0.255. The van der Waals surface area contributed by atoms with Crippen LogP contribution in [0.15, 0.2) is 12.1 Å². The Kier molecular flexibility index (Phi) is 5.49. The van der Waals surface area contributed by atoms with Gasteiger partial charge in [-0.1, -0.05) is 34.8 Å². The second-order valence-electron chi connectivity index (χ2n) is 2.75. The molecule has 0 heterocycles. The molecule has 1 amide bonds. The first-order valence-electron chi connectivity index (χ1n) is 4.21. The van der Waals surface area contributed by atoms with Crippen molar-refractivity contribution in [1.82, 2.24) is 5.32 Å². The molecule has 0 aliphatic carbocycles. The molecule has 0 bridgehead atoms. The molecule has 0 aliphatic heterocycles. The van der Waals surface area contributed by atoms with Gasteiger partial charge in [0.05, 0.1) is 16.6 Å². The van der Waals surface area contributed by atoms with E-state index in [9.17, 15) is 4.79 Å². The van der Waals surface area contributed by atoms with Gasteiger partial charge in [-0.15, -0.1) is 0 Å². The van der Waals surface area contributed by atoms with Crippen molar-refractivity contribution in [2.75, 3.05) is 13.2 Å². The lowest BCUT2D eigenvalue weighted by Crippen LogP contribution is -2.23. The zero-order chi connectivity index (χ0) is 12.1. The summed E-state index contributed by atoms with van der Waals surface area (Å²) in [6, 6.07) is 3.04. The van der Waals surface area contributed by atoms with E-state index in [1.165, 1.54) is 12.1 Å². The molecule has 0 aromatic heterocycles. The van der Waals surface area contributed by atoms with E-state index in [-0.39, 0.29) is 13.2 Å². The fourth-order valence-electron chi connectivity index (χ4n) is 0.969. The monoisotopic (exact) mass is 301 g/mol. The minimum atomic E-state index is -0.642. The SMILES string of the molecule is O=C(Cl)NCCOc1c(Cl)cc(Cl)cc1Cl. The smallest absolute Gasteiger partial charge is 0.313 e. The number of benzene rings is 1. The Hall–Kier alpha value is -0.350. The van der Waals surface area contributed by atoms with Gasteiger partial charge in [-0.3, -0.25) is 4.79 Å². The standard InChI is InChI=1S/C9H7Cl4NO2/c10-5-3-6(11)8(7(12)4-5)16-2-1-14-9(13)15/h3-4H,1-2H2,(H,14,15). The molecular formula is C9H7Cl4NO2. The van der Waals surface area contributed by atoms with Crippen LogP contribution in [0.1, 0.15) is 0 Å². The Bertz CT molecular complexity index is 374.